The molecule has 0 radical (unpaired) electrons. The lowest BCUT2D eigenvalue weighted by Crippen LogP contribution is -1.87. The van der Waals surface area contributed by atoms with E-state index in [-0.39, 0.29) is 21.6 Å². The largest absolute Gasteiger partial charge is 0.504 e. The number of benzene rings is 1. The highest BCUT2D eigenvalue weighted by Crippen LogP contribution is 2.42. The quantitative estimate of drug-likeness (QED) is 0.700. The van der Waals surface area contributed by atoms with Gasteiger partial charge in [-0.3, -0.25) is 0 Å². The maximum atomic E-state index is 13.6. The van der Waals surface area contributed by atoms with Crippen LogP contribution in [0.4, 0.5) is 10.3 Å². The number of aromatic nitrogens is 1. The zero-order valence-electron chi connectivity index (χ0n) is 7.74. The summed E-state index contributed by atoms with van der Waals surface area (Å²) in [7, 11) is 0. The number of nitrogens with two attached hydrogens (primary N) is 1. The van der Waals surface area contributed by atoms with E-state index in [9.17, 15) is 9.50 Å². The highest BCUT2D eigenvalue weighted by Gasteiger charge is 2.19. The molecule has 0 amide bonds. The Labute approximate surface area is 97.4 Å². The van der Waals surface area contributed by atoms with Crippen LogP contribution >= 0.6 is 15.9 Å². The molecule has 7 heteroatoms. The summed E-state index contributed by atoms with van der Waals surface area (Å²) >= 11 is 2.96. The molecule has 0 aliphatic rings. The third kappa shape index (κ3) is 1.58. The maximum Gasteiger partial charge on any atom is 0.222 e. The van der Waals surface area contributed by atoms with Gasteiger partial charge in [0.15, 0.2) is 11.5 Å². The first kappa shape index (κ1) is 10.7. The van der Waals surface area contributed by atoms with Crippen molar-refractivity contribution in [2.45, 2.75) is 0 Å². The first-order chi connectivity index (χ1) is 7.50. The topological polar surface area (TPSA) is 92.5 Å². The summed E-state index contributed by atoms with van der Waals surface area (Å²) in [6.45, 7) is 0. The van der Waals surface area contributed by atoms with Crippen LogP contribution < -0.4 is 5.73 Å². The van der Waals surface area contributed by atoms with Gasteiger partial charge in [-0.15, -0.1) is 0 Å². The summed E-state index contributed by atoms with van der Waals surface area (Å²) in [5, 5.41) is 22.1. The van der Waals surface area contributed by atoms with E-state index in [0.29, 0.717) is 0 Å². The van der Waals surface area contributed by atoms with Crippen LogP contribution in [-0.2, 0) is 0 Å². The van der Waals surface area contributed by atoms with Gasteiger partial charge < -0.3 is 20.5 Å². The summed E-state index contributed by atoms with van der Waals surface area (Å²) in [6.07, 6.45) is 0. The second kappa shape index (κ2) is 3.67. The van der Waals surface area contributed by atoms with Crippen LogP contribution in [-0.4, -0.2) is 15.4 Å². The van der Waals surface area contributed by atoms with Crippen molar-refractivity contribution in [3.8, 4) is 22.8 Å². The van der Waals surface area contributed by atoms with Crippen LogP contribution in [0, 0.1) is 5.82 Å². The van der Waals surface area contributed by atoms with E-state index < -0.39 is 17.3 Å². The van der Waals surface area contributed by atoms with Gasteiger partial charge >= 0.3 is 0 Å². The Morgan fingerprint density at radius 1 is 1.38 bits per heavy atom. The molecule has 1 aromatic heterocycles. The van der Waals surface area contributed by atoms with Crippen LogP contribution in [0.2, 0.25) is 0 Å². The number of hydrogen-bond donors (Lipinski definition) is 3. The first-order valence-corrected chi connectivity index (χ1v) is 4.92. The van der Waals surface area contributed by atoms with Gasteiger partial charge in [-0.05, 0) is 15.9 Å². The molecule has 0 saturated heterocycles. The van der Waals surface area contributed by atoms with Crippen molar-refractivity contribution in [2.75, 3.05) is 5.73 Å². The van der Waals surface area contributed by atoms with Gasteiger partial charge in [0.25, 0.3) is 0 Å². The molecule has 0 fully saturated rings. The van der Waals surface area contributed by atoms with Crippen molar-refractivity contribution in [1.29, 1.82) is 0 Å². The molecular formula is C9H6BrFN2O3. The Kier molecular flexibility index (Phi) is 2.47. The highest BCUT2D eigenvalue weighted by molar-refractivity contribution is 9.10. The molecule has 0 spiro atoms. The molecular weight excluding hydrogens is 283 g/mol. The van der Waals surface area contributed by atoms with E-state index >= 15 is 0 Å². The lowest BCUT2D eigenvalue weighted by atomic mass is 10.1. The molecule has 1 aromatic carbocycles. The Bertz CT molecular complexity index is 556. The van der Waals surface area contributed by atoms with E-state index in [1.807, 2.05) is 0 Å². The van der Waals surface area contributed by atoms with E-state index in [1.54, 1.807) is 0 Å². The normalized spacial score (nSPS) is 10.6. The first-order valence-electron chi connectivity index (χ1n) is 4.13. The number of phenolic OH excluding ortho intramolecular Hbond substituents is 2. The van der Waals surface area contributed by atoms with E-state index in [0.717, 1.165) is 6.07 Å². The summed E-state index contributed by atoms with van der Waals surface area (Å²) in [5.74, 6) is -1.77. The molecule has 16 heavy (non-hydrogen) atoms. The highest BCUT2D eigenvalue weighted by atomic mass is 79.9. The average Bonchev–Trinajstić information content (AvgIpc) is 2.61. The fourth-order valence-electron chi connectivity index (χ4n) is 1.24. The van der Waals surface area contributed by atoms with Crippen molar-refractivity contribution in [2.24, 2.45) is 0 Å². The second-order valence-electron chi connectivity index (χ2n) is 3.03. The minimum atomic E-state index is -0.754. The number of hydrogen-bond acceptors (Lipinski definition) is 5. The van der Waals surface area contributed by atoms with Crippen LogP contribution in [0.1, 0.15) is 0 Å². The Balaban J connectivity index is 2.70. The van der Waals surface area contributed by atoms with Gasteiger partial charge in [-0.1, -0.05) is 5.16 Å². The van der Waals surface area contributed by atoms with Crippen LogP contribution in [0.3, 0.4) is 0 Å². The fourth-order valence-corrected chi connectivity index (χ4v) is 1.83. The molecule has 2 aromatic rings. The van der Waals surface area contributed by atoms with Crippen molar-refractivity contribution >= 4 is 21.8 Å². The molecule has 0 aliphatic heterocycles. The minimum absolute atomic E-state index is 0.0155. The molecule has 84 valence electrons. The summed E-state index contributed by atoms with van der Waals surface area (Å²) in [6, 6.07) is 2.08. The average molecular weight is 289 g/mol. The van der Waals surface area contributed by atoms with Gasteiger partial charge in [0.1, 0.15) is 11.5 Å². The monoisotopic (exact) mass is 288 g/mol. The molecule has 0 saturated carbocycles. The smallest absolute Gasteiger partial charge is 0.222 e. The standard InChI is InChI=1S/C9H6BrFN2O3/c10-8-7(4-2-6(12)16-13-4)3(11)1-5(14)9(8)15/h1-2,14-15H,12H2. The fraction of sp³-hybridized carbons (Fsp3) is 0. The van der Waals surface area contributed by atoms with E-state index in [4.69, 9.17) is 10.8 Å². The lowest BCUT2D eigenvalue weighted by molar-refractivity contribution is 0.397. The van der Waals surface area contributed by atoms with Crippen molar-refractivity contribution in [3.05, 3.63) is 22.4 Å². The summed E-state index contributed by atoms with van der Waals surface area (Å²) in [4.78, 5) is 0. The van der Waals surface area contributed by atoms with Gasteiger partial charge in [0, 0.05) is 12.1 Å². The molecule has 0 aliphatic carbocycles. The van der Waals surface area contributed by atoms with Gasteiger partial charge in [0.05, 0.1) is 10.0 Å². The van der Waals surface area contributed by atoms with Gasteiger partial charge in [-0.2, -0.15) is 0 Å². The predicted molar refractivity (Wildman–Crippen MR) is 57.3 cm³/mol. The lowest BCUT2D eigenvalue weighted by Gasteiger charge is -2.06. The Morgan fingerprint density at radius 3 is 2.62 bits per heavy atom. The zero-order chi connectivity index (χ0) is 11.9. The predicted octanol–water partition coefficient (Wildman–Crippen LogP) is 2.24. The van der Waals surface area contributed by atoms with Gasteiger partial charge in [-0.25, -0.2) is 4.39 Å². The third-order valence-corrected chi connectivity index (χ3v) is 2.73. The van der Waals surface area contributed by atoms with Crippen LogP contribution in [0.25, 0.3) is 11.3 Å². The number of aromatic hydroxyl groups is 2. The Hall–Kier alpha value is -1.76. The second-order valence-corrected chi connectivity index (χ2v) is 3.82. The van der Waals surface area contributed by atoms with Gasteiger partial charge in [0.2, 0.25) is 5.88 Å². The SMILES string of the molecule is Nc1cc(-c2c(F)cc(O)c(O)c2Br)no1. The molecule has 1 heterocycles. The van der Waals surface area contributed by atoms with Crippen LogP contribution in [0.15, 0.2) is 21.1 Å². The molecule has 0 atom stereocenters. The summed E-state index contributed by atoms with van der Waals surface area (Å²) in [5.41, 5.74) is 5.40. The van der Waals surface area contributed by atoms with Crippen molar-refractivity contribution in [3.63, 3.8) is 0 Å². The molecule has 5 nitrogen and oxygen atoms in total. The number of nitrogen functional groups attached to an aromatic ring is 1. The van der Waals surface area contributed by atoms with Crippen LogP contribution in [0.5, 0.6) is 11.5 Å². The number of nitrogens with zero attached hydrogens (tertiary/aromatic N) is 1. The number of phenols is 2. The zero-order valence-corrected chi connectivity index (χ0v) is 9.32. The number of halogens is 2. The van der Waals surface area contributed by atoms with E-state index in [2.05, 4.69) is 25.6 Å². The van der Waals surface area contributed by atoms with E-state index in [1.165, 1.54) is 6.07 Å². The number of rotatable bonds is 1. The van der Waals surface area contributed by atoms with Crippen molar-refractivity contribution < 1.29 is 19.1 Å². The molecule has 0 bridgehead atoms. The molecule has 0 unspecified atom stereocenters. The maximum absolute atomic E-state index is 13.6. The number of anilines is 1. The Morgan fingerprint density at radius 2 is 2.06 bits per heavy atom. The summed E-state index contributed by atoms with van der Waals surface area (Å²) < 4.78 is 18.1. The third-order valence-electron chi connectivity index (χ3n) is 1.96. The molecule has 2 rings (SSSR count). The minimum Gasteiger partial charge on any atom is -0.504 e. The van der Waals surface area contributed by atoms with Crippen molar-refractivity contribution in [1.82, 2.24) is 5.16 Å². The molecule has 4 N–H and O–H groups in total.